The Hall–Kier alpha value is -3.41. The Morgan fingerprint density at radius 3 is 2.68 bits per heavy atom. The van der Waals surface area contributed by atoms with Gasteiger partial charge in [0.05, 0.1) is 16.5 Å². The van der Waals surface area contributed by atoms with Gasteiger partial charge in [0, 0.05) is 25.8 Å². The molecule has 1 atom stereocenters. The molecule has 158 valence electrons. The summed E-state index contributed by atoms with van der Waals surface area (Å²) in [6.07, 6.45) is 0.396. The third-order valence-corrected chi connectivity index (χ3v) is 6.90. The van der Waals surface area contributed by atoms with Crippen molar-refractivity contribution < 1.29 is 13.2 Å². The van der Waals surface area contributed by atoms with Crippen LogP contribution in [-0.4, -0.2) is 38.9 Å². The molecular weight excluding hydrogens is 412 g/mol. The van der Waals surface area contributed by atoms with E-state index in [0.29, 0.717) is 25.1 Å². The van der Waals surface area contributed by atoms with Crippen molar-refractivity contribution in [1.29, 1.82) is 5.26 Å². The minimum atomic E-state index is -3.86. The molecule has 2 N–H and O–H groups in total. The standard InChI is InChI=1S/C23H22N4O3S/c1-25-20-7-5-18-6-8-21(13-19(18)12-20)31(29,30)26-22-9-10-27(23(22)28)15-17-4-2-3-16(11-17)14-24/h2-8,11-13,22,25-26H,9-10,15H2,1H3/t22-/m0/s1. The van der Waals surface area contributed by atoms with Gasteiger partial charge in [-0.3, -0.25) is 4.79 Å². The van der Waals surface area contributed by atoms with E-state index < -0.39 is 16.1 Å². The number of nitrogens with zero attached hydrogens (tertiary/aromatic N) is 2. The van der Waals surface area contributed by atoms with E-state index in [9.17, 15) is 13.2 Å². The molecule has 3 aromatic rings. The van der Waals surface area contributed by atoms with Crippen molar-refractivity contribution >= 4 is 32.4 Å². The number of amides is 1. The van der Waals surface area contributed by atoms with Gasteiger partial charge in [0.1, 0.15) is 6.04 Å². The van der Waals surface area contributed by atoms with E-state index in [-0.39, 0.29) is 10.8 Å². The van der Waals surface area contributed by atoms with Gasteiger partial charge in [0.2, 0.25) is 15.9 Å². The number of hydrogen-bond acceptors (Lipinski definition) is 5. The van der Waals surface area contributed by atoms with Gasteiger partial charge in [-0.2, -0.15) is 9.98 Å². The molecule has 1 fully saturated rings. The van der Waals surface area contributed by atoms with Gasteiger partial charge < -0.3 is 10.2 Å². The quantitative estimate of drug-likeness (QED) is 0.621. The normalized spacial score (nSPS) is 16.5. The van der Waals surface area contributed by atoms with Crippen LogP contribution in [-0.2, 0) is 21.4 Å². The molecule has 0 saturated carbocycles. The molecule has 0 radical (unpaired) electrons. The minimum absolute atomic E-state index is 0.126. The molecule has 7 nitrogen and oxygen atoms in total. The molecule has 0 unspecified atom stereocenters. The van der Waals surface area contributed by atoms with Crippen LogP contribution in [0.4, 0.5) is 5.69 Å². The molecule has 1 heterocycles. The van der Waals surface area contributed by atoms with E-state index in [4.69, 9.17) is 5.26 Å². The number of carbonyl (C=O) groups excluding carboxylic acids is 1. The second-order valence-corrected chi connectivity index (χ2v) is 9.22. The van der Waals surface area contributed by atoms with Crippen LogP contribution in [0, 0.1) is 11.3 Å². The molecule has 1 saturated heterocycles. The van der Waals surface area contributed by atoms with Crippen LogP contribution in [0.5, 0.6) is 0 Å². The van der Waals surface area contributed by atoms with E-state index in [2.05, 4.69) is 16.1 Å². The highest BCUT2D eigenvalue weighted by Crippen LogP contribution is 2.24. The number of anilines is 1. The molecule has 3 aromatic carbocycles. The Labute approximate surface area is 181 Å². The molecular formula is C23H22N4O3S. The first-order valence-electron chi connectivity index (χ1n) is 9.91. The number of likely N-dealkylation sites (tertiary alicyclic amines) is 1. The van der Waals surface area contributed by atoms with Gasteiger partial charge in [0.25, 0.3) is 0 Å². The zero-order chi connectivity index (χ0) is 22.0. The summed E-state index contributed by atoms with van der Waals surface area (Å²) in [6, 6.07) is 19.0. The monoisotopic (exact) mass is 434 g/mol. The lowest BCUT2D eigenvalue weighted by Gasteiger charge is -2.17. The number of nitriles is 1. The molecule has 1 aliphatic rings. The second kappa shape index (κ2) is 8.38. The van der Waals surface area contributed by atoms with E-state index >= 15 is 0 Å². The molecule has 0 bridgehead atoms. The second-order valence-electron chi connectivity index (χ2n) is 7.51. The maximum atomic E-state index is 12.9. The zero-order valence-corrected chi connectivity index (χ0v) is 17.8. The first kappa shape index (κ1) is 20.8. The zero-order valence-electron chi connectivity index (χ0n) is 17.0. The van der Waals surface area contributed by atoms with Crippen LogP contribution in [0.2, 0.25) is 0 Å². The van der Waals surface area contributed by atoms with E-state index in [1.807, 2.05) is 24.3 Å². The summed E-state index contributed by atoms with van der Waals surface area (Å²) >= 11 is 0. The van der Waals surface area contributed by atoms with Crippen LogP contribution < -0.4 is 10.0 Å². The molecule has 1 aliphatic heterocycles. The molecule has 31 heavy (non-hydrogen) atoms. The Kier molecular flexibility index (Phi) is 5.63. The van der Waals surface area contributed by atoms with Gasteiger partial charge in [-0.15, -0.1) is 0 Å². The van der Waals surface area contributed by atoms with Crippen LogP contribution >= 0.6 is 0 Å². The Balaban J connectivity index is 1.50. The summed E-state index contributed by atoms with van der Waals surface area (Å²) < 4.78 is 28.5. The smallest absolute Gasteiger partial charge is 0.241 e. The third-order valence-electron chi connectivity index (χ3n) is 5.44. The minimum Gasteiger partial charge on any atom is -0.388 e. The lowest BCUT2D eigenvalue weighted by Crippen LogP contribution is -2.41. The Morgan fingerprint density at radius 2 is 1.90 bits per heavy atom. The highest BCUT2D eigenvalue weighted by molar-refractivity contribution is 7.89. The summed E-state index contributed by atoms with van der Waals surface area (Å²) in [5.41, 5.74) is 2.25. The average molecular weight is 435 g/mol. The van der Waals surface area contributed by atoms with Gasteiger partial charge in [-0.25, -0.2) is 8.42 Å². The van der Waals surface area contributed by atoms with Gasteiger partial charge in [-0.05, 0) is 59.2 Å². The maximum Gasteiger partial charge on any atom is 0.241 e. The fourth-order valence-corrected chi connectivity index (χ4v) is 5.03. The van der Waals surface area contributed by atoms with Crippen molar-refractivity contribution in [3.8, 4) is 6.07 Å². The predicted molar refractivity (Wildman–Crippen MR) is 119 cm³/mol. The van der Waals surface area contributed by atoms with Gasteiger partial charge in [0.15, 0.2) is 0 Å². The number of benzene rings is 3. The lowest BCUT2D eigenvalue weighted by molar-refractivity contribution is -0.129. The van der Waals surface area contributed by atoms with E-state index in [0.717, 1.165) is 22.0 Å². The van der Waals surface area contributed by atoms with Crippen LogP contribution in [0.15, 0.2) is 65.6 Å². The van der Waals surface area contributed by atoms with E-state index in [1.54, 1.807) is 48.3 Å². The number of nitrogens with one attached hydrogen (secondary N) is 2. The predicted octanol–water partition coefficient (Wildman–Crippen LogP) is 2.83. The number of hydrogen-bond donors (Lipinski definition) is 2. The topological polar surface area (TPSA) is 102 Å². The fourth-order valence-electron chi connectivity index (χ4n) is 3.77. The third kappa shape index (κ3) is 4.38. The van der Waals surface area contributed by atoms with Crippen molar-refractivity contribution in [2.45, 2.75) is 23.9 Å². The molecule has 8 heteroatoms. The maximum absolute atomic E-state index is 12.9. The van der Waals surface area contributed by atoms with Crippen LogP contribution in [0.25, 0.3) is 10.8 Å². The van der Waals surface area contributed by atoms with Crippen molar-refractivity contribution in [1.82, 2.24) is 9.62 Å². The van der Waals surface area contributed by atoms with Crippen molar-refractivity contribution in [3.63, 3.8) is 0 Å². The van der Waals surface area contributed by atoms with Gasteiger partial charge >= 0.3 is 0 Å². The lowest BCUT2D eigenvalue weighted by atomic mass is 10.1. The largest absolute Gasteiger partial charge is 0.388 e. The number of carbonyl (C=O) groups is 1. The van der Waals surface area contributed by atoms with Crippen LogP contribution in [0.1, 0.15) is 17.5 Å². The highest BCUT2D eigenvalue weighted by atomic mass is 32.2. The molecule has 4 rings (SSSR count). The van der Waals surface area contributed by atoms with Gasteiger partial charge in [-0.1, -0.05) is 24.3 Å². The molecule has 1 amide bonds. The van der Waals surface area contributed by atoms with Crippen molar-refractivity contribution in [2.24, 2.45) is 0 Å². The Morgan fingerprint density at radius 1 is 1.10 bits per heavy atom. The summed E-state index contributed by atoms with van der Waals surface area (Å²) in [6.45, 7) is 0.793. The summed E-state index contributed by atoms with van der Waals surface area (Å²) in [7, 11) is -2.05. The number of rotatable bonds is 6. The number of sulfonamides is 1. The summed E-state index contributed by atoms with van der Waals surface area (Å²) in [4.78, 5) is 14.5. The van der Waals surface area contributed by atoms with E-state index in [1.165, 1.54) is 0 Å². The molecule has 0 spiro atoms. The summed E-state index contributed by atoms with van der Waals surface area (Å²) in [5.74, 6) is -0.260. The Bertz CT molecular complexity index is 1300. The highest BCUT2D eigenvalue weighted by Gasteiger charge is 2.35. The van der Waals surface area contributed by atoms with Crippen molar-refractivity contribution in [2.75, 3.05) is 18.9 Å². The van der Waals surface area contributed by atoms with Crippen LogP contribution in [0.3, 0.4) is 0 Å². The van der Waals surface area contributed by atoms with Crippen molar-refractivity contribution in [3.05, 3.63) is 71.8 Å². The summed E-state index contributed by atoms with van der Waals surface area (Å²) in [5, 5.41) is 13.8. The SMILES string of the molecule is CNc1ccc2ccc(S(=O)(=O)N[C@H]3CCN(Cc4cccc(C#N)c4)C3=O)cc2c1. The first-order chi connectivity index (χ1) is 14.9. The first-order valence-corrected chi connectivity index (χ1v) is 11.4. The molecule has 0 aromatic heterocycles. The fraction of sp³-hybridized carbons (Fsp3) is 0.217. The molecule has 0 aliphatic carbocycles. The average Bonchev–Trinajstić information content (AvgIpc) is 3.11. The number of fused-ring (bicyclic) bond motifs is 1.